The molecule has 0 atom stereocenters. The van der Waals surface area contributed by atoms with Crippen LogP contribution >= 0.6 is 22.9 Å². The Bertz CT molecular complexity index is 619. The maximum Gasteiger partial charge on any atom is 0.347 e. The Hall–Kier alpha value is -1.46. The van der Waals surface area contributed by atoms with Gasteiger partial charge in [-0.2, -0.15) is 0 Å². The van der Waals surface area contributed by atoms with Crippen LogP contribution in [0.5, 0.6) is 0 Å². The molecule has 3 nitrogen and oxygen atoms in total. The van der Waals surface area contributed by atoms with Gasteiger partial charge in [-0.25, -0.2) is 14.2 Å². The molecular weight excluding hydrogens is 289 g/mol. The molecule has 0 aliphatic heterocycles. The van der Waals surface area contributed by atoms with Gasteiger partial charge in [-0.3, -0.25) is 0 Å². The van der Waals surface area contributed by atoms with E-state index in [1.807, 2.05) is 13.8 Å². The second-order valence-electron chi connectivity index (χ2n) is 4.35. The number of carboxylic acids is 1. The number of hydrogen-bond acceptors (Lipinski definition) is 3. The van der Waals surface area contributed by atoms with Gasteiger partial charge in [-0.05, 0) is 24.1 Å². The summed E-state index contributed by atoms with van der Waals surface area (Å²) in [4.78, 5) is 15.7. The molecule has 0 saturated carbocycles. The minimum absolute atomic E-state index is 0.0138. The monoisotopic (exact) mass is 299 g/mol. The Kier molecular flexibility index (Phi) is 3.87. The van der Waals surface area contributed by atoms with E-state index in [9.17, 15) is 9.18 Å². The van der Waals surface area contributed by atoms with Crippen LogP contribution in [0.25, 0.3) is 10.6 Å². The highest BCUT2D eigenvalue weighted by Crippen LogP contribution is 2.33. The molecule has 1 heterocycles. The molecule has 0 aliphatic rings. The predicted molar refractivity (Wildman–Crippen MR) is 73.6 cm³/mol. The number of aromatic carboxylic acids is 1. The topological polar surface area (TPSA) is 50.2 Å². The summed E-state index contributed by atoms with van der Waals surface area (Å²) in [7, 11) is 0. The lowest BCUT2D eigenvalue weighted by molar-refractivity contribution is 0.0700. The number of nitrogens with zero attached hydrogens (tertiary/aromatic N) is 1. The van der Waals surface area contributed by atoms with Crippen molar-refractivity contribution in [2.24, 2.45) is 0 Å². The average molecular weight is 300 g/mol. The Morgan fingerprint density at radius 3 is 2.58 bits per heavy atom. The van der Waals surface area contributed by atoms with Gasteiger partial charge in [0.25, 0.3) is 0 Å². The van der Waals surface area contributed by atoms with Crippen LogP contribution in [-0.2, 0) is 0 Å². The Labute approximate surface area is 118 Å². The quantitative estimate of drug-likeness (QED) is 0.912. The summed E-state index contributed by atoms with van der Waals surface area (Å²) in [5.41, 5.74) is 0.997. The molecule has 2 aromatic rings. The lowest BCUT2D eigenvalue weighted by Crippen LogP contribution is -2.00. The number of benzene rings is 1. The Balaban J connectivity index is 2.57. The second kappa shape index (κ2) is 5.27. The highest BCUT2D eigenvalue weighted by atomic mass is 35.5. The molecule has 0 radical (unpaired) electrons. The second-order valence-corrected chi connectivity index (χ2v) is 5.79. The first-order chi connectivity index (χ1) is 8.88. The summed E-state index contributed by atoms with van der Waals surface area (Å²) < 4.78 is 13.3. The summed E-state index contributed by atoms with van der Waals surface area (Å²) in [6.07, 6.45) is 0. The minimum atomic E-state index is -1.02. The number of halogens is 2. The van der Waals surface area contributed by atoms with Crippen molar-refractivity contribution >= 4 is 28.9 Å². The first-order valence-corrected chi connectivity index (χ1v) is 6.78. The molecule has 1 aromatic heterocycles. The van der Waals surface area contributed by atoms with Crippen molar-refractivity contribution in [3.05, 3.63) is 39.6 Å². The number of carbonyl (C=O) groups is 1. The van der Waals surface area contributed by atoms with Crippen LogP contribution in [0.2, 0.25) is 5.02 Å². The van der Waals surface area contributed by atoms with E-state index < -0.39 is 11.8 Å². The average Bonchev–Trinajstić information content (AvgIpc) is 2.72. The van der Waals surface area contributed by atoms with Crippen LogP contribution in [-0.4, -0.2) is 16.1 Å². The van der Waals surface area contributed by atoms with Crippen molar-refractivity contribution < 1.29 is 14.3 Å². The number of thiazole rings is 1. The molecule has 0 aliphatic carbocycles. The molecule has 0 spiro atoms. The Morgan fingerprint density at radius 1 is 1.42 bits per heavy atom. The summed E-state index contributed by atoms with van der Waals surface area (Å²) in [6.45, 7) is 3.73. The molecule has 1 aromatic carbocycles. The molecular formula is C13H11ClFNO2S. The standard InChI is InChI=1S/C13H11ClFNO2S/c1-6(2)10-11(13(17)18)19-12(16-10)7-3-8(14)5-9(15)4-7/h3-6H,1-2H3,(H,17,18). The van der Waals surface area contributed by atoms with Crippen LogP contribution in [0.3, 0.4) is 0 Å². The Morgan fingerprint density at radius 2 is 2.11 bits per heavy atom. The van der Waals surface area contributed by atoms with Crippen LogP contribution in [0.4, 0.5) is 4.39 Å². The molecule has 19 heavy (non-hydrogen) atoms. The number of aromatic nitrogens is 1. The summed E-state index contributed by atoms with van der Waals surface area (Å²) in [6, 6.07) is 4.06. The van der Waals surface area contributed by atoms with Gasteiger partial charge in [-0.15, -0.1) is 11.3 Å². The van der Waals surface area contributed by atoms with Gasteiger partial charge in [0.2, 0.25) is 0 Å². The van der Waals surface area contributed by atoms with Crippen molar-refractivity contribution in [1.82, 2.24) is 4.98 Å². The fourth-order valence-electron chi connectivity index (χ4n) is 1.68. The summed E-state index contributed by atoms with van der Waals surface area (Å²) >= 11 is 6.82. The highest BCUT2D eigenvalue weighted by molar-refractivity contribution is 7.17. The van der Waals surface area contributed by atoms with E-state index in [1.165, 1.54) is 12.1 Å². The van der Waals surface area contributed by atoms with E-state index in [0.29, 0.717) is 16.3 Å². The van der Waals surface area contributed by atoms with Gasteiger partial charge in [0.05, 0.1) is 5.69 Å². The minimum Gasteiger partial charge on any atom is -0.477 e. The highest BCUT2D eigenvalue weighted by Gasteiger charge is 2.20. The van der Waals surface area contributed by atoms with E-state index in [4.69, 9.17) is 16.7 Å². The molecule has 6 heteroatoms. The fourth-order valence-corrected chi connectivity index (χ4v) is 2.95. The number of carboxylic acid groups (broad SMARTS) is 1. The van der Waals surface area contributed by atoms with Crippen molar-refractivity contribution in [3.63, 3.8) is 0 Å². The molecule has 2 rings (SSSR count). The van der Waals surface area contributed by atoms with Crippen LogP contribution < -0.4 is 0 Å². The summed E-state index contributed by atoms with van der Waals surface area (Å²) in [5, 5.41) is 9.87. The SMILES string of the molecule is CC(C)c1nc(-c2cc(F)cc(Cl)c2)sc1C(=O)O. The zero-order valence-corrected chi connectivity index (χ0v) is 11.8. The van der Waals surface area contributed by atoms with Gasteiger partial charge < -0.3 is 5.11 Å². The van der Waals surface area contributed by atoms with Gasteiger partial charge in [0, 0.05) is 10.6 Å². The van der Waals surface area contributed by atoms with Crippen molar-refractivity contribution in [1.29, 1.82) is 0 Å². The molecule has 1 N–H and O–H groups in total. The first kappa shape index (κ1) is 14.0. The van der Waals surface area contributed by atoms with Crippen LogP contribution in [0.1, 0.15) is 35.1 Å². The zero-order chi connectivity index (χ0) is 14.2. The lowest BCUT2D eigenvalue weighted by Gasteiger charge is -2.00. The van der Waals surface area contributed by atoms with Crippen LogP contribution in [0.15, 0.2) is 18.2 Å². The van der Waals surface area contributed by atoms with Crippen molar-refractivity contribution in [3.8, 4) is 10.6 Å². The molecule has 0 unspecified atom stereocenters. The van der Waals surface area contributed by atoms with Crippen molar-refractivity contribution in [2.75, 3.05) is 0 Å². The van der Waals surface area contributed by atoms with Gasteiger partial charge in [0.1, 0.15) is 15.7 Å². The van der Waals surface area contributed by atoms with Gasteiger partial charge >= 0.3 is 5.97 Å². The predicted octanol–water partition coefficient (Wildman–Crippen LogP) is 4.42. The third-order valence-corrected chi connectivity index (χ3v) is 3.83. The number of rotatable bonds is 3. The third-order valence-electron chi connectivity index (χ3n) is 2.50. The van der Waals surface area contributed by atoms with Gasteiger partial charge in [-0.1, -0.05) is 25.4 Å². The molecule has 0 amide bonds. The van der Waals surface area contributed by atoms with E-state index in [-0.39, 0.29) is 15.8 Å². The fraction of sp³-hybridized carbons (Fsp3) is 0.231. The maximum atomic E-state index is 13.3. The lowest BCUT2D eigenvalue weighted by atomic mass is 10.1. The first-order valence-electron chi connectivity index (χ1n) is 5.59. The van der Waals surface area contributed by atoms with Gasteiger partial charge in [0.15, 0.2) is 0 Å². The van der Waals surface area contributed by atoms with E-state index in [0.717, 1.165) is 11.3 Å². The maximum absolute atomic E-state index is 13.3. The van der Waals surface area contributed by atoms with Crippen LogP contribution in [0, 0.1) is 5.82 Å². The largest absolute Gasteiger partial charge is 0.477 e. The smallest absolute Gasteiger partial charge is 0.347 e. The third kappa shape index (κ3) is 2.93. The molecule has 0 bridgehead atoms. The zero-order valence-electron chi connectivity index (χ0n) is 10.3. The van der Waals surface area contributed by atoms with Crippen molar-refractivity contribution in [2.45, 2.75) is 19.8 Å². The van der Waals surface area contributed by atoms with E-state index in [1.54, 1.807) is 6.07 Å². The molecule has 0 saturated heterocycles. The molecule has 0 fully saturated rings. The summed E-state index contributed by atoms with van der Waals surface area (Å²) in [5.74, 6) is -1.50. The van der Waals surface area contributed by atoms with E-state index in [2.05, 4.69) is 4.98 Å². The van der Waals surface area contributed by atoms with E-state index >= 15 is 0 Å². The number of hydrogen-bond donors (Lipinski definition) is 1. The normalized spacial score (nSPS) is 11.0. The molecule has 100 valence electrons.